The fourth-order valence-electron chi connectivity index (χ4n) is 2.71. The summed E-state index contributed by atoms with van der Waals surface area (Å²) in [7, 11) is 0. The van der Waals surface area contributed by atoms with E-state index in [0.29, 0.717) is 6.54 Å². The van der Waals surface area contributed by atoms with E-state index in [1.165, 1.54) is 23.3 Å². The lowest BCUT2D eigenvalue weighted by Crippen LogP contribution is -2.31. The Morgan fingerprint density at radius 2 is 2.00 bits per heavy atom. The molecule has 2 rings (SSSR count). The maximum Gasteiger partial charge on any atom is 0.238 e. The maximum absolute atomic E-state index is 12.1. The number of hydrogen-bond donors (Lipinski definition) is 1. The van der Waals surface area contributed by atoms with Crippen molar-refractivity contribution in [1.82, 2.24) is 10.2 Å². The molecule has 1 saturated heterocycles. The van der Waals surface area contributed by atoms with E-state index >= 15 is 0 Å². The number of amides is 1. The van der Waals surface area contributed by atoms with E-state index in [2.05, 4.69) is 49.7 Å². The van der Waals surface area contributed by atoms with Crippen LogP contribution in [0.15, 0.2) is 29.2 Å². The van der Waals surface area contributed by atoms with Crippen LogP contribution in [-0.2, 0) is 4.79 Å². The van der Waals surface area contributed by atoms with Gasteiger partial charge in [0.2, 0.25) is 5.91 Å². The summed E-state index contributed by atoms with van der Waals surface area (Å²) in [6, 6.07) is 8.51. The molecule has 1 atom stereocenters. The van der Waals surface area contributed by atoms with Crippen LogP contribution in [0.1, 0.15) is 44.8 Å². The number of nitrogens with one attached hydrogen (secondary N) is 1. The van der Waals surface area contributed by atoms with Gasteiger partial charge in [-0.05, 0) is 36.3 Å². The van der Waals surface area contributed by atoms with Crippen molar-refractivity contribution in [3.8, 4) is 0 Å². The Labute approximate surface area is 132 Å². The summed E-state index contributed by atoms with van der Waals surface area (Å²) in [5.41, 5.74) is 1.18. The number of benzene rings is 1. The van der Waals surface area contributed by atoms with Crippen LogP contribution >= 0.6 is 11.8 Å². The molecule has 1 aromatic rings. The largest absolute Gasteiger partial charge is 0.322 e. The first-order valence-corrected chi connectivity index (χ1v) is 9.01. The molecule has 116 valence electrons. The maximum atomic E-state index is 12.1. The van der Waals surface area contributed by atoms with Crippen LogP contribution in [0.2, 0.25) is 0 Å². The number of carbonyl (C=O) groups is 1. The van der Waals surface area contributed by atoms with Gasteiger partial charge in [-0.3, -0.25) is 10.1 Å². The molecule has 1 aliphatic heterocycles. The average molecular weight is 306 g/mol. The van der Waals surface area contributed by atoms with Gasteiger partial charge in [0.15, 0.2) is 0 Å². The minimum Gasteiger partial charge on any atom is -0.322 e. The van der Waals surface area contributed by atoms with Gasteiger partial charge in [0, 0.05) is 11.4 Å². The van der Waals surface area contributed by atoms with Gasteiger partial charge in [0.1, 0.15) is 6.17 Å². The van der Waals surface area contributed by atoms with Gasteiger partial charge < -0.3 is 4.90 Å². The van der Waals surface area contributed by atoms with Gasteiger partial charge in [-0.25, -0.2) is 0 Å². The van der Waals surface area contributed by atoms with Crippen molar-refractivity contribution >= 4 is 17.7 Å². The average Bonchev–Trinajstić information content (AvgIpc) is 2.85. The number of nitrogens with zero attached hydrogens (tertiary/aromatic N) is 1. The molecule has 0 spiro atoms. The quantitative estimate of drug-likeness (QED) is 0.616. The highest BCUT2D eigenvalue weighted by Gasteiger charge is 2.30. The molecule has 1 aliphatic rings. The Balaban J connectivity index is 1.95. The zero-order valence-corrected chi connectivity index (χ0v) is 14.1. The molecule has 0 aromatic heterocycles. The lowest BCUT2D eigenvalue weighted by Gasteiger charge is -2.25. The van der Waals surface area contributed by atoms with Crippen molar-refractivity contribution in [3.05, 3.63) is 29.8 Å². The molecule has 0 radical (unpaired) electrons. The Morgan fingerprint density at radius 3 is 2.62 bits per heavy atom. The van der Waals surface area contributed by atoms with E-state index in [1.54, 1.807) is 11.8 Å². The summed E-state index contributed by atoms with van der Waals surface area (Å²) in [5.74, 6) is 0.964. The van der Waals surface area contributed by atoms with Crippen molar-refractivity contribution in [2.45, 2.75) is 44.2 Å². The van der Waals surface area contributed by atoms with E-state index < -0.39 is 0 Å². The first kappa shape index (κ1) is 16.4. The summed E-state index contributed by atoms with van der Waals surface area (Å²) >= 11 is 1.74. The minimum atomic E-state index is 0.0486. The summed E-state index contributed by atoms with van der Waals surface area (Å²) in [5, 5.41) is 3.33. The van der Waals surface area contributed by atoms with E-state index in [0.717, 1.165) is 18.9 Å². The number of unbranched alkanes of at least 4 members (excludes halogenated alkanes) is 1. The van der Waals surface area contributed by atoms with Crippen LogP contribution < -0.4 is 5.32 Å². The molecule has 1 unspecified atom stereocenters. The van der Waals surface area contributed by atoms with Crippen LogP contribution in [0.3, 0.4) is 0 Å². The third-order valence-corrected chi connectivity index (χ3v) is 4.68. The zero-order chi connectivity index (χ0) is 15.2. The van der Waals surface area contributed by atoms with Gasteiger partial charge in [-0.1, -0.05) is 38.8 Å². The first-order valence-electron chi connectivity index (χ1n) is 7.78. The highest BCUT2D eigenvalue weighted by atomic mass is 32.2. The van der Waals surface area contributed by atoms with Crippen molar-refractivity contribution in [3.63, 3.8) is 0 Å². The molecule has 3 nitrogen and oxygen atoms in total. The highest BCUT2D eigenvalue weighted by Crippen LogP contribution is 2.25. The number of thioether (sulfide) groups is 1. The Morgan fingerprint density at radius 1 is 1.29 bits per heavy atom. The van der Waals surface area contributed by atoms with E-state index in [9.17, 15) is 4.79 Å². The number of carbonyl (C=O) groups excluding carboxylic acids is 1. The first-order chi connectivity index (χ1) is 10.1. The molecule has 0 aliphatic carbocycles. The summed E-state index contributed by atoms with van der Waals surface area (Å²) in [6.45, 7) is 5.81. The van der Waals surface area contributed by atoms with Gasteiger partial charge in [-0.2, -0.15) is 0 Å². The van der Waals surface area contributed by atoms with E-state index in [-0.39, 0.29) is 12.1 Å². The third kappa shape index (κ3) is 4.48. The Bertz CT molecular complexity index is 458. The van der Waals surface area contributed by atoms with Crippen molar-refractivity contribution in [2.75, 3.05) is 19.3 Å². The van der Waals surface area contributed by atoms with Gasteiger partial charge in [0.25, 0.3) is 0 Å². The van der Waals surface area contributed by atoms with Crippen LogP contribution in [0.4, 0.5) is 0 Å². The van der Waals surface area contributed by atoms with Crippen molar-refractivity contribution in [1.29, 1.82) is 0 Å². The topological polar surface area (TPSA) is 32.3 Å². The smallest absolute Gasteiger partial charge is 0.238 e. The molecular weight excluding hydrogens is 280 g/mol. The SMILES string of the molecule is CSc1ccc(C2NCC(=O)N2CCCCC(C)C)cc1. The van der Waals surface area contributed by atoms with Crippen molar-refractivity contribution in [2.24, 2.45) is 5.92 Å². The van der Waals surface area contributed by atoms with E-state index in [4.69, 9.17) is 0 Å². The minimum absolute atomic E-state index is 0.0486. The molecule has 1 amide bonds. The predicted molar refractivity (Wildman–Crippen MR) is 89.4 cm³/mol. The second-order valence-electron chi connectivity index (χ2n) is 6.03. The lowest BCUT2D eigenvalue weighted by molar-refractivity contribution is -0.128. The standard InChI is InChI=1S/C17H26N2OS/c1-13(2)6-4-5-11-19-16(20)12-18-17(19)14-7-9-15(21-3)10-8-14/h7-10,13,17-18H,4-6,11-12H2,1-3H3. The lowest BCUT2D eigenvalue weighted by atomic mass is 10.1. The number of hydrogen-bond acceptors (Lipinski definition) is 3. The second kappa shape index (κ2) is 7.85. The normalized spacial score (nSPS) is 18.8. The number of rotatable bonds is 7. The molecule has 21 heavy (non-hydrogen) atoms. The molecule has 1 aromatic carbocycles. The monoisotopic (exact) mass is 306 g/mol. The van der Waals surface area contributed by atoms with Crippen LogP contribution in [0, 0.1) is 5.92 Å². The Hall–Kier alpha value is -1.00. The highest BCUT2D eigenvalue weighted by molar-refractivity contribution is 7.98. The fourth-order valence-corrected chi connectivity index (χ4v) is 3.12. The molecule has 1 N–H and O–H groups in total. The van der Waals surface area contributed by atoms with Gasteiger partial charge in [-0.15, -0.1) is 11.8 Å². The summed E-state index contributed by atoms with van der Waals surface area (Å²) < 4.78 is 0. The molecule has 4 heteroatoms. The van der Waals surface area contributed by atoms with Crippen LogP contribution in [0.25, 0.3) is 0 Å². The second-order valence-corrected chi connectivity index (χ2v) is 6.91. The van der Waals surface area contributed by atoms with Crippen LogP contribution in [-0.4, -0.2) is 30.2 Å². The molecule has 1 heterocycles. The summed E-state index contributed by atoms with van der Waals surface area (Å²) in [4.78, 5) is 15.3. The molecule has 0 bridgehead atoms. The predicted octanol–water partition coefficient (Wildman–Crippen LogP) is 3.67. The van der Waals surface area contributed by atoms with E-state index in [1.807, 2.05) is 4.90 Å². The molecule has 0 saturated carbocycles. The summed E-state index contributed by atoms with van der Waals surface area (Å²) in [6.07, 6.45) is 5.65. The zero-order valence-electron chi connectivity index (χ0n) is 13.3. The molecule has 1 fully saturated rings. The van der Waals surface area contributed by atoms with Crippen molar-refractivity contribution < 1.29 is 4.79 Å². The van der Waals surface area contributed by atoms with Crippen LogP contribution in [0.5, 0.6) is 0 Å². The third-order valence-electron chi connectivity index (χ3n) is 3.94. The van der Waals surface area contributed by atoms with Gasteiger partial charge >= 0.3 is 0 Å². The Kier molecular flexibility index (Phi) is 6.12. The van der Waals surface area contributed by atoms with Gasteiger partial charge in [0.05, 0.1) is 6.54 Å². The molecular formula is C17H26N2OS. The fraction of sp³-hybridized carbons (Fsp3) is 0.588.